The van der Waals surface area contributed by atoms with Crippen molar-refractivity contribution in [3.63, 3.8) is 0 Å². The van der Waals surface area contributed by atoms with E-state index in [1.807, 2.05) is 0 Å². The van der Waals surface area contributed by atoms with E-state index in [1.165, 1.54) is 13.0 Å². The van der Waals surface area contributed by atoms with E-state index in [2.05, 4.69) is 4.98 Å². The van der Waals surface area contributed by atoms with Crippen molar-refractivity contribution in [3.05, 3.63) is 34.5 Å². The number of nitrogens with zero attached hydrogens (tertiary/aromatic N) is 1. The zero-order valence-electron chi connectivity index (χ0n) is 11.3. The molecule has 0 amide bonds. The van der Waals surface area contributed by atoms with Crippen LogP contribution in [0.1, 0.15) is 29.3 Å². The number of halogens is 3. The molecule has 1 atom stereocenters. The number of fused-ring (bicyclic) bond motifs is 1. The molecule has 1 aromatic heterocycles. The van der Waals surface area contributed by atoms with E-state index in [-0.39, 0.29) is 11.2 Å². The van der Waals surface area contributed by atoms with Crippen molar-refractivity contribution in [1.82, 2.24) is 4.98 Å². The molecule has 21 heavy (non-hydrogen) atoms. The SMILES string of the molecule is Cc1c(C(C)(O)CO)[nH]c2cc(C(F)(F)F)c(C#N)cc12. The first-order chi connectivity index (χ1) is 9.61. The van der Waals surface area contributed by atoms with Crippen LogP contribution in [-0.4, -0.2) is 21.8 Å². The molecule has 0 aliphatic heterocycles. The van der Waals surface area contributed by atoms with Crippen LogP contribution in [-0.2, 0) is 11.8 Å². The second kappa shape index (κ2) is 4.76. The number of aliphatic hydroxyl groups is 2. The quantitative estimate of drug-likeness (QED) is 0.797. The zero-order valence-corrected chi connectivity index (χ0v) is 11.3. The molecule has 0 aliphatic rings. The molecular formula is C14H13F3N2O2. The molecule has 112 valence electrons. The molecule has 1 aromatic carbocycles. The van der Waals surface area contributed by atoms with E-state index < -0.39 is 29.5 Å². The summed E-state index contributed by atoms with van der Waals surface area (Å²) in [6.45, 7) is 2.37. The molecule has 1 heterocycles. The predicted octanol–water partition coefficient (Wildman–Crippen LogP) is 2.57. The number of nitrogens with one attached hydrogen (secondary N) is 1. The third-order valence-corrected chi connectivity index (χ3v) is 3.47. The molecule has 0 bridgehead atoms. The monoisotopic (exact) mass is 298 g/mol. The second-order valence-corrected chi connectivity index (χ2v) is 5.11. The summed E-state index contributed by atoms with van der Waals surface area (Å²) in [6.07, 6.45) is -4.64. The van der Waals surface area contributed by atoms with E-state index in [1.54, 1.807) is 6.92 Å². The van der Waals surface area contributed by atoms with Crippen LogP contribution in [0.2, 0.25) is 0 Å². The number of alkyl halides is 3. The van der Waals surface area contributed by atoms with E-state index >= 15 is 0 Å². The number of rotatable bonds is 2. The van der Waals surface area contributed by atoms with Gasteiger partial charge in [-0.05, 0) is 31.5 Å². The van der Waals surface area contributed by atoms with Crippen LogP contribution in [0.4, 0.5) is 13.2 Å². The maximum atomic E-state index is 12.9. The highest BCUT2D eigenvalue weighted by atomic mass is 19.4. The van der Waals surface area contributed by atoms with Gasteiger partial charge in [-0.1, -0.05) is 0 Å². The first-order valence-electron chi connectivity index (χ1n) is 6.09. The minimum Gasteiger partial charge on any atom is -0.393 e. The molecule has 0 saturated carbocycles. The lowest BCUT2D eigenvalue weighted by Crippen LogP contribution is -2.27. The lowest BCUT2D eigenvalue weighted by atomic mass is 9.98. The lowest BCUT2D eigenvalue weighted by molar-refractivity contribution is -0.137. The minimum atomic E-state index is -4.64. The first-order valence-corrected chi connectivity index (χ1v) is 6.09. The Morgan fingerprint density at radius 3 is 2.43 bits per heavy atom. The van der Waals surface area contributed by atoms with Crippen LogP contribution in [0.5, 0.6) is 0 Å². The summed E-state index contributed by atoms with van der Waals surface area (Å²) in [5.74, 6) is 0. The summed E-state index contributed by atoms with van der Waals surface area (Å²) in [5.41, 5.74) is -2.24. The number of hydrogen-bond acceptors (Lipinski definition) is 3. The van der Waals surface area contributed by atoms with Crippen molar-refractivity contribution in [2.45, 2.75) is 25.6 Å². The highest BCUT2D eigenvalue weighted by Crippen LogP contribution is 2.37. The Kier molecular flexibility index (Phi) is 3.48. The maximum absolute atomic E-state index is 12.9. The Balaban J connectivity index is 2.80. The maximum Gasteiger partial charge on any atom is 0.417 e. The van der Waals surface area contributed by atoms with Crippen molar-refractivity contribution in [2.75, 3.05) is 6.61 Å². The molecular weight excluding hydrogens is 285 g/mol. The van der Waals surface area contributed by atoms with Gasteiger partial charge >= 0.3 is 6.18 Å². The number of aromatic nitrogens is 1. The number of H-pyrrole nitrogens is 1. The molecule has 2 rings (SSSR count). The van der Waals surface area contributed by atoms with Crippen molar-refractivity contribution in [2.24, 2.45) is 0 Å². The molecule has 0 fully saturated rings. The molecule has 7 heteroatoms. The molecule has 0 spiro atoms. The summed E-state index contributed by atoms with van der Waals surface area (Å²) < 4.78 is 38.7. The Bertz CT molecular complexity index is 739. The summed E-state index contributed by atoms with van der Waals surface area (Å²) in [4.78, 5) is 2.70. The largest absolute Gasteiger partial charge is 0.417 e. The summed E-state index contributed by atoms with van der Waals surface area (Å²) in [7, 11) is 0. The van der Waals surface area contributed by atoms with Gasteiger partial charge in [-0.25, -0.2) is 0 Å². The van der Waals surface area contributed by atoms with Gasteiger partial charge in [-0.15, -0.1) is 0 Å². The van der Waals surface area contributed by atoms with Gasteiger partial charge < -0.3 is 15.2 Å². The van der Waals surface area contributed by atoms with Gasteiger partial charge in [0.15, 0.2) is 0 Å². The molecule has 0 aliphatic carbocycles. The van der Waals surface area contributed by atoms with Crippen molar-refractivity contribution in [3.8, 4) is 6.07 Å². The van der Waals surface area contributed by atoms with Crippen LogP contribution in [0.25, 0.3) is 10.9 Å². The predicted molar refractivity (Wildman–Crippen MR) is 69.4 cm³/mol. The standard InChI is InChI=1S/C14H13F3N2O2/c1-7-9-3-8(5-18)10(14(15,16)17)4-11(9)19-12(7)13(2,21)6-20/h3-4,19-21H,6H2,1-2H3. The Labute approximate surface area is 118 Å². The normalized spacial score (nSPS) is 15.0. The van der Waals surface area contributed by atoms with Crippen molar-refractivity contribution < 1.29 is 23.4 Å². The molecule has 4 nitrogen and oxygen atoms in total. The highest BCUT2D eigenvalue weighted by Gasteiger charge is 2.35. The third-order valence-electron chi connectivity index (χ3n) is 3.47. The highest BCUT2D eigenvalue weighted by molar-refractivity contribution is 5.87. The molecule has 0 saturated heterocycles. The van der Waals surface area contributed by atoms with Gasteiger partial charge in [-0.2, -0.15) is 18.4 Å². The van der Waals surface area contributed by atoms with Crippen LogP contribution in [0.15, 0.2) is 12.1 Å². The fraction of sp³-hybridized carbons (Fsp3) is 0.357. The van der Waals surface area contributed by atoms with Gasteiger partial charge in [0.2, 0.25) is 0 Å². The summed E-state index contributed by atoms with van der Waals surface area (Å²) in [6, 6.07) is 3.52. The average Bonchev–Trinajstić information content (AvgIpc) is 2.74. The van der Waals surface area contributed by atoms with Crippen LogP contribution >= 0.6 is 0 Å². The van der Waals surface area contributed by atoms with Gasteiger partial charge in [0.1, 0.15) is 5.60 Å². The molecule has 0 radical (unpaired) electrons. The number of aromatic amines is 1. The van der Waals surface area contributed by atoms with Gasteiger partial charge in [-0.3, -0.25) is 0 Å². The van der Waals surface area contributed by atoms with Crippen LogP contribution in [0.3, 0.4) is 0 Å². The van der Waals surface area contributed by atoms with E-state index in [0.717, 1.165) is 12.1 Å². The second-order valence-electron chi connectivity index (χ2n) is 5.11. The summed E-state index contributed by atoms with van der Waals surface area (Å²) >= 11 is 0. The van der Waals surface area contributed by atoms with E-state index in [4.69, 9.17) is 5.26 Å². The summed E-state index contributed by atoms with van der Waals surface area (Å²) in [5, 5.41) is 28.5. The van der Waals surface area contributed by atoms with Crippen LogP contribution < -0.4 is 0 Å². The number of aryl methyl sites for hydroxylation is 1. The van der Waals surface area contributed by atoms with Gasteiger partial charge in [0.25, 0.3) is 0 Å². The molecule has 1 unspecified atom stereocenters. The Morgan fingerprint density at radius 2 is 1.95 bits per heavy atom. The smallest absolute Gasteiger partial charge is 0.393 e. The van der Waals surface area contributed by atoms with E-state index in [0.29, 0.717) is 10.9 Å². The number of hydrogen-bond donors (Lipinski definition) is 3. The first kappa shape index (κ1) is 15.4. The van der Waals surface area contributed by atoms with Gasteiger partial charge in [0, 0.05) is 10.9 Å². The zero-order chi connectivity index (χ0) is 16.0. The number of nitriles is 1. The van der Waals surface area contributed by atoms with E-state index in [9.17, 15) is 23.4 Å². The van der Waals surface area contributed by atoms with Crippen molar-refractivity contribution >= 4 is 10.9 Å². The third kappa shape index (κ3) is 2.48. The molecule has 2 aromatic rings. The van der Waals surface area contributed by atoms with Gasteiger partial charge in [0.05, 0.1) is 29.5 Å². The fourth-order valence-corrected chi connectivity index (χ4v) is 2.32. The number of benzene rings is 1. The minimum absolute atomic E-state index is 0.155. The fourth-order valence-electron chi connectivity index (χ4n) is 2.32. The Morgan fingerprint density at radius 1 is 1.33 bits per heavy atom. The van der Waals surface area contributed by atoms with Crippen molar-refractivity contribution in [1.29, 1.82) is 5.26 Å². The average molecular weight is 298 g/mol. The Hall–Kier alpha value is -2.04. The lowest BCUT2D eigenvalue weighted by Gasteiger charge is -2.20. The number of aliphatic hydroxyl groups excluding tert-OH is 1. The van der Waals surface area contributed by atoms with Crippen LogP contribution in [0, 0.1) is 18.3 Å². The topological polar surface area (TPSA) is 80.0 Å². The molecule has 3 N–H and O–H groups in total.